The zero-order chi connectivity index (χ0) is 11.3. The van der Waals surface area contributed by atoms with E-state index in [1.807, 2.05) is 6.92 Å². The Hall–Kier alpha value is -1.77. The molecule has 0 aliphatic carbocycles. The number of nitrogens with zero attached hydrogens (tertiary/aromatic N) is 1. The predicted molar refractivity (Wildman–Crippen MR) is 57.6 cm³/mol. The fourth-order valence-corrected chi connectivity index (χ4v) is 1.26. The van der Waals surface area contributed by atoms with Crippen LogP contribution in [0.2, 0.25) is 0 Å². The summed E-state index contributed by atoms with van der Waals surface area (Å²) in [4.78, 5) is 26.9. The highest BCUT2D eigenvalue weighted by Crippen LogP contribution is 2.09. The van der Waals surface area contributed by atoms with Crippen LogP contribution in [0, 0.1) is 0 Å². The molecule has 0 bridgehead atoms. The van der Waals surface area contributed by atoms with Gasteiger partial charge in [-0.1, -0.05) is 13.0 Å². The number of hydrogen-bond acceptors (Lipinski definition) is 3. The molecule has 0 atom stereocenters. The van der Waals surface area contributed by atoms with Crippen LogP contribution in [0.25, 0.3) is 0 Å². The fourth-order valence-electron chi connectivity index (χ4n) is 1.26. The molecule has 1 aromatic heterocycles. The van der Waals surface area contributed by atoms with E-state index in [2.05, 4.69) is 4.98 Å². The van der Waals surface area contributed by atoms with Gasteiger partial charge in [-0.2, -0.15) is 0 Å². The molecule has 0 fully saturated rings. The number of pyridine rings is 1. The third kappa shape index (κ3) is 2.84. The van der Waals surface area contributed by atoms with Crippen molar-refractivity contribution in [3.05, 3.63) is 41.7 Å². The Morgan fingerprint density at radius 3 is 2.40 bits per heavy atom. The summed E-state index contributed by atoms with van der Waals surface area (Å²) in [5.41, 5.74) is 0.753. The fraction of sp³-hybridized carbons (Fsp3) is 0.250. The Morgan fingerprint density at radius 2 is 1.93 bits per heavy atom. The second-order valence-electron chi connectivity index (χ2n) is 3.15. The molecule has 0 spiro atoms. The Balaban J connectivity index is 3.02. The second kappa shape index (κ2) is 5.20. The van der Waals surface area contributed by atoms with E-state index in [1.54, 1.807) is 18.2 Å². The van der Waals surface area contributed by atoms with Gasteiger partial charge in [-0.15, -0.1) is 0 Å². The van der Waals surface area contributed by atoms with Crippen LogP contribution in [-0.4, -0.2) is 16.6 Å². The van der Waals surface area contributed by atoms with E-state index in [1.165, 1.54) is 19.3 Å². The summed E-state index contributed by atoms with van der Waals surface area (Å²) < 4.78 is 0. The minimum Gasteiger partial charge on any atom is -0.294 e. The van der Waals surface area contributed by atoms with Gasteiger partial charge in [-0.05, 0) is 25.5 Å². The molecule has 1 rings (SSSR count). The third-order valence-electron chi connectivity index (χ3n) is 1.97. The molecule has 0 N–H and O–H groups in total. The number of carbonyl (C=O) groups excluding carboxylic acids is 2. The molecule has 0 radical (unpaired) electrons. The quantitative estimate of drug-likeness (QED) is 0.326. The number of Topliss-reactive ketones (excluding diaryl/α,β-unsaturated/α-hetero) is 2. The summed E-state index contributed by atoms with van der Waals surface area (Å²) in [6.07, 6.45) is 5.41. The Labute approximate surface area is 88.8 Å². The molecule has 0 aromatic carbocycles. The van der Waals surface area contributed by atoms with Crippen LogP contribution >= 0.6 is 0 Å². The molecule has 3 heteroatoms. The van der Waals surface area contributed by atoms with Gasteiger partial charge >= 0.3 is 0 Å². The molecule has 0 aliphatic rings. The van der Waals surface area contributed by atoms with E-state index < -0.39 is 0 Å². The van der Waals surface area contributed by atoms with Gasteiger partial charge in [0.1, 0.15) is 0 Å². The maximum absolute atomic E-state index is 11.9. The van der Waals surface area contributed by atoms with E-state index in [4.69, 9.17) is 0 Å². The number of ketones is 2. The number of rotatable bonds is 4. The molecule has 1 aromatic rings. The van der Waals surface area contributed by atoms with Crippen LogP contribution in [0.5, 0.6) is 0 Å². The monoisotopic (exact) mass is 203 g/mol. The summed E-state index contributed by atoms with van der Waals surface area (Å²) in [5, 5.41) is 0. The molecule has 0 saturated heterocycles. The SMILES string of the molecule is CCC=C(C(C)=O)C(=O)c1ccncc1. The number of allylic oxidation sites excluding steroid dienone is 2. The number of aromatic nitrogens is 1. The summed E-state index contributed by atoms with van der Waals surface area (Å²) in [6, 6.07) is 3.21. The maximum Gasteiger partial charge on any atom is 0.196 e. The lowest BCUT2D eigenvalue weighted by Crippen LogP contribution is -2.10. The van der Waals surface area contributed by atoms with Crippen molar-refractivity contribution in [2.24, 2.45) is 0 Å². The van der Waals surface area contributed by atoms with Gasteiger partial charge in [0.2, 0.25) is 0 Å². The predicted octanol–water partition coefficient (Wildman–Crippen LogP) is 2.19. The second-order valence-corrected chi connectivity index (χ2v) is 3.15. The minimum atomic E-state index is -0.230. The Morgan fingerprint density at radius 1 is 1.33 bits per heavy atom. The molecule has 3 nitrogen and oxygen atoms in total. The van der Waals surface area contributed by atoms with Crippen molar-refractivity contribution in [2.75, 3.05) is 0 Å². The lowest BCUT2D eigenvalue weighted by molar-refractivity contribution is -0.113. The summed E-state index contributed by atoms with van der Waals surface area (Å²) >= 11 is 0. The van der Waals surface area contributed by atoms with Crippen molar-refractivity contribution in [2.45, 2.75) is 20.3 Å². The molecule has 1 heterocycles. The van der Waals surface area contributed by atoms with Crippen molar-refractivity contribution >= 4 is 11.6 Å². The molecule has 0 unspecified atom stereocenters. The van der Waals surface area contributed by atoms with E-state index in [-0.39, 0.29) is 17.1 Å². The highest BCUT2D eigenvalue weighted by atomic mass is 16.1. The molecule has 0 aliphatic heterocycles. The van der Waals surface area contributed by atoms with Crippen molar-refractivity contribution in [1.29, 1.82) is 0 Å². The van der Waals surface area contributed by atoms with Crippen molar-refractivity contribution < 1.29 is 9.59 Å². The largest absolute Gasteiger partial charge is 0.294 e. The van der Waals surface area contributed by atoms with Crippen LogP contribution in [0.15, 0.2) is 36.2 Å². The molecule has 15 heavy (non-hydrogen) atoms. The highest BCUT2D eigenvalue weighted by Gasteiger charge is 2.15. The molecular formula is C12H13NO2. The maximum atomic E-state index is 11.9. The Kier molecular flexibility index (Phi) is 3.92. The van der Waals surface area contributed by atoms with Gasteiger partial charge in [0.15, 0.2) is 11.6 Å². The zero-order valence-electron chi connectivity index (χ0n) is 8.86. The van der Waals surface area contributed by atoms with Gasteiger partial charge < -0.3 is 0 Å². The first-order valence-corrected chi connectivity index (χ1v) is 4.82. The van der Waals surface area contributed by atoms with E-state index in [9.17, 15) is 9.59 Å². The molecule has 0 saturated carbocycles. The van der Waals surface area contributed by atoms with Crippen LogP contribution in [0.1, 0.15) is 30.6 Å². The summed E-state index contributed by atoms with van der Waals surface area (Å²) in [6.45, 7) is 3.29. The van der Waals surface area contributed by atoms with Crippen LogP contribution < -0.4 is 0 Å². The van der Waals surface area contributed by atoms with Crippen molar-refractivity contribution in [3.8, 4) is 0 Å². The van der Waals surface area contributed by atoms with Gasteiger partial charge in [-0.25, -0.2) is 0 Å². The third-order valence-corrected chi connectivity index (χ3v) is 1.97. The van der Waals surface area contributed by atoms with Gasteiger partial charge in [0, 0.05) is 18.0 Å². The van der Waals surface area contributed by atoms with Gasteiger partial charge in [0.05, 0.1) is 5.57 Å². The zero-order valence-corrected chi connectivity index (χ0v) is 8.86. The lowest BCUT2D eigenvalue weighted by Gasteiger charge is -2.01. The smallest absolute Gasteiger partial charge is 0.196 e. The first kappa shape index (κ1) is 11.3. The van der Waals surface area contributed by atoms with Crippen LogP contribution in [0.4, 0.5) is 0 Å². The molecule has 78 valence electrons. The van der Waals surface area contributed by atoms with Gasteiger partial charge in [-0.3, -0.25) is 14.6 Å². The standard InChI is InChI=1S/C12H13NO2/c1-3-4-11(9(2)14)12(15)10-5-7-13-8-6-10/h4-8H,3H2,1-2H3. The Bertz CT molecular complexity index is 393. The minimum absolute atomic E-state index is 0.196. The van der Waals surface area contributed by atoms with E-state index >= 15 is 0 Å². The summed E-state index contributed by atoms with van der Waals surface area (Å²) in [5.74, 6) is -0.426. The topological polar surface area (TPSA) is 47.0 Å². The molecule has 0 amide bonds. The van der Waals surface area contributed by atoms with Gasteiger partial charge in [0.25, 0.3) is 0 Å². The average molecular weight is 203 g/mol. The number of carbonyl (C=O) groups is 2. The first-order chi connectivity index (χ1) is 7.16. The first-order valence-electron chi connectivity index (χ1n) is 4.82. The normalized spacial score (nSPS) is 11.2. The highest BCUT2D eigenvalue weighted by molar-refractivity contribution is 6.25. The van der Waals surface area contributed by atoms with Crippen molar-refractivity contribution in [1.82, 2.24) is 4.98 Å². The van der Waals surface area contributed by atoms with Crippen LogP contribution in [-0.2, 0) is 4.79 Å². The number of hydrogen-bond donors (Lipinski definition) is 0. The van der Waals surface area contributed by atoms with E-state index in [0.29, 0.717) is 12.0 Å². The van der Waals surface area contributed by atoms with Crippen molar-refractivity contribution in [3.63, 3.8) is 0 Å². The van der Waals surface area contributed by atoms with E-state index in [0.717, 1.165) is 0 Å². The molecular weight excluding hydrogens is 190 g/mol. The average Bonchev–Trinajstić information content (AvgIpc) is 2.26. The summed E-state index contributed by atoms with van der Waals surface area (Å²) in [7, 11) is 0. The lowest BCUT2D eigenvalue weighted by atomic mass is 10.0. The van der Waals surface area contributed by atoms with Crippen LogP contribution in [0.3, 0.4) is 0 Å².